The summed E-state index contributed by atoms with van der Waals surface area (Å²) in [4.78, 5) is 2.61. The van der Waals surface area contributed by atoms with Gasteiger partial charge in [-0.05, 0) is 32.2 Å². The predicted molar refractivity (Wildman–Crippen MR) is 62.1 cm³/mol. The molecule has 3 nitrogen and oxygen atoms in total. The Morgan fingerprint density at radius 2 is 2.40 bits per heavy atom. The molecular weight excluding hydrogens is 188 g/mol. The van der Waals surface area contributed by atoms with Crippen molar-refractivity contribution in [3.05, 3.63) is 0 Å². The maximum absolute atomic E-state index is 5.52. The Labute approximate surface area is 93.2 Å². The summed E-state index contributed by atoms with van der Waals surface area (Å²) in [5.74, 6) is 0. The summed E-state index contributed by atoms with van der Waals surface area (Å²) >= 11 is 0. The smallest absolute Gasteiger partial charge is 0.0622 e. The summed E-state index contributed by atoms with van der Waals surface area (Å²) in [6.07, 6.45) is 5.28. The summed E-state index contributed by atoms with van der Waals surface area (Å²) in [7, 11) is 0. The van der Waals surface area contributed by atoms with Crippen LogP contribution in [-0.2, 0) is 4.74 Å². The Morgan fingerprint density at radius 1 is 1.47 bits per heavy atom. The van der Waals surface area contributed by atoms with Gasteiger partial charge in [-0.25, -0.2) is 0 Å². The van der Waals surface area contributed by atoms with E-state index in [1.807, 2.05) is 0 Å². The summed E-state index contributed by atoms with van der Waals surface area (Å²) in [6, 6.07) is 1.45. The maximum atomic E-state index is 5.52. The molecule has 2 unspecified atom stereocenters. The van der Waals surface area contributed by atoms with Crippen LogP contribution in [0.1, 0.15) is 32.6 Å². The second-order valence-electron chi connectivity index (χ2n) is 4.75. The molecule has 2 rings (SSSR count). The molecule has 2 aliphatic rings. The van der Waals surface area contributed by atoms with Crippen LogP contribution >= 0.6 is 0 Å². The second kappa shape index (κ2) is 5.83. The van der Waals surface area contributed by atoms with Gasteiger partial charge in [0.2, 0.25) is 0 Å². The average Bonchev–Trinajstić information content (AvgIpc) is 2.79. The molecular formula is C12H24N2O. The molecule has 2 aliphatic heterocycles. The van der Waals surface area contributed by atoms with Crippen molar-refractivity contribution in [1.82, 2.24) is 10.2 Å². The largest absolute Gasteiger partial charge is 0.378 e. The second-order valence-corrected chi connectivity index (χ2v) is 4.75. The monoisotopic (exact) mass is 212 g/mol. The molecule has 88 valence electrons. The molecule has 3 heteroatoms. The van der Waals surface area contributed by atoms with Crippen molar-refractivity contribution in [3.63, 3.8) is 0 Å². The summed E-state index contributed by atoms with van der Waals surface area (Å²) in [6.45, 7) is 7.74. The first kappa shape index (κ1) is 11.4. The number of hydrogen-bond donors (Lipinski definition) is 1. The third-order valence-corrected chi connectivity index (χ3v) is 3.75. The van der Waals surface area contributed by atoms with Crippen molar-refractivity contribution in [3.8, 4) is 0 Å². The van der Waals surface area contributed by atoms with Crippen molar-refractivity contribution in [2.45, 2.75) is 44.7 Å². The topological polar surface area (TPSA) is 24.5 Å². The SMILES string of the molecule is CCC1COCCN1CCC1CCCN1. The van der Waals surface area contributed by atoms with Crippen molar-refractivity contribution in [2.75, 3.05) is 32.8 Å². The zero-order valence-electron chi connectivity index (χ0n) is 9.87. The van der Waals surface area contributed by atoms with Crippen LogP contribution in [0.15, 0.2) is 0 Å². The molecule has 2 fully saturated rings. The summed E-state index contributed by atoms with van der Waals surface area (Å²) in [5, 5.41) is 3.57. The van der Waals surface area contributed by atoms with Crippen LogP contribution in [0.3, 0.4) is 0 Å². The molecule has 2 atom stereocenters. The molecule has 0 spiro atoms. The van der Waals surface area contributed by atoms with Crippen molar-refractivity contribution >= 4 is 0 Å². The Kier molecular flexibility index (Phi) is 4.42. The third-order valence-electron chi connectivity index (χ3n) is 3.75. The van der Waals surface area contributed by atoms with E-state index < -0.39 is 0 Å². The van der Waals surface area contributed by atoms with Gasteiger partial charge in [0.25, 0.3) is 0 Å². The number of nitrogens with one attached hydrogen (secondary N) is 1. The van der Waals surface area contributed by atoms with Gasteiger partial charge < -0.3 is 10.1 Å². The van der Waals surface area contributed by atoms with Gasteiger partial charge in [-0.15, -0.1) is 0 Å². The quantitative estimate of drug-likeness (QED) is 0.759. The number of nitrogens with zero attached hydrogens (tertiary/aromatic N) is 1. The van der Waals surface area contributed by atoms with Crippen LogP contribution in [0.25, 0.3) is 0 Å². The van der Waals surface area contributed by atoms with Crippen molar-refractivity contribution in [2.24, 2.45) is 0 Å². The highest BCUT2D eigenvalue weighted by Crippen LogP contribution is 2.14. The van der Waals surface area contributed by atoms with Gasteiger partial charge in [-0.3, -0.25) is 4.90 Å². The van der Waals surface area contributed by atoms with Gasteiger partial charge in [0.1, 0.15) is 0 Å². The standard InChI is InChI=1S/C12H24N2O/c1-2-12-10-15-9-8-14(12)7-5-11-4-3-6-13-11/h11-13H,2-10H2,1H3. The van der Waals surface area contributed by atoms with Crippen LogP contribution in [0.4, 0.5) is 0 Å². The lowest BCUT2D eigenvalue weighted by molar-refractivity contribution is -0.00981. The fourth-order valence-corrected chi connectivity index (χ4v) is 2.68. The van der Waals surface area contributed by atoms with E-state index in [0.29, 0.717) is 6.04 Å². The number of ether oxygens (including phenoxy) is 1. The summed E-state index contributed by atoms with van der Waals surface area (Å²) in [5.41, 5.74) is 0. The van der Waals surface area contributed by atoms with E-state index >= 15 is 0 Å². The van der Waals surface area contributed by atoms with Gasteiger partial charge >= 0.3 is 0 Å². The minimum absolute atomic E-state index is 0.667. The Morgan fingerprint density at radius 3 is 3.13 bits per heavy atom. The molecule has 2 saturated heterocycles. The van der Waals surface area contributed by atoms with Gasteiger partial charge in [0, 0.05) is 25.2 Å². The molecule has 0 aromatic carbocycles. The minimum atomic E-state index is 0.667. The highest BCUT2D eigenvalue weighted by molar-refractivity contribution is 4.79. The molecule has 2 heterocycles. The molecule has 0 aromatic rings. The molecule has 0 aromatic heterocycles. The Hall–Kier alpha value is -0.120. The van der Waals surface area contributed by atoms with E-state index in [-0.39, 0.29) is 0 Å². The van der Waals surface area contributed by atoms with Gasteiger partial charge in [0.05, 0.1) is 13.2 Å². The average molecular weight is 212 g/mol. The maximum Gasteiger partial charge on any atom is 0.0622 e. The molecule has 0 saturated carbocycles. The highest BCUT2D eigenvalue weighted by atomic mass is 16.5. The predicted octanol–water partition coefficient (Wildman–Crippen LogP) is 1.24. The molecule has 15 heavy (non-hydrogen) atoms. The fourth-order valence-electron chi connectivity index (χ4n) is 2.68. The number of hydrogen-bond acceptors (Lipinski definition) is 3. The molecule has 0 amide bonds. The lowest BCUT2D eigenvalue weighted by Crippen LogP contribution is -2.46. The van der Waals surface area contributed by atoms with E-state index in [4.69, 9.17) is 4.74 Å². The van der Waals surface area contributed by atoms with E-state index in [0.717, 1.165) is 25.8 Å². The third kappa shape index (κ3) is 3.16. The number of morpholine rings is 1. The molecule has 0 radical (unpaired) electrons. The first-order valence-corrected chi connectivity index (χ1v) is 6.45. The number of rotatable bonds is 4. The van der Waals surface area contributed by atoms with Crippen LogP contribution < -0.4 is 5.32 Å². The van der Waals surface area contributed by atoms with E-state index in [2.05, 4.69) is 17.1 Å². The molecule has 1 N–H and O–H groups in total. The van der Waals surface area contributed by atoms with Crippen molar-refractivity contribution in [1.29, 1.82) is 0 Å². The minimum Gasteiger partial charge on any atom is -0.378 e. The first-order valence-electron chi connectivity index (χ1n) is 6.45. The van der Waals surface area contributed by atoms with Gasteiger partial charge in [0.15, 0.2) is 0 Å². The van der Waals surface area contributed by atoms with Gasteiger partial charge in [-0.1, -0.05) is 6.92 Å². The summed E-state index contributed by atoms with van der Waals surface area (Å²) < 4.78 is 5.52. The van der Waals surface area contributed by atoms with Crippen molar-refractivity contribution < 1.29 is 4.74 Å². The fraction of sp³-hybridized carbons (Fsp3) is 1.00. The van der Waals surface area contributed by atoms with Crippen LogP contribution in [-0.4, -0.2) is 49.8 Å². The zero-order chi connectivity index (χ0) is 10.5. The highest BCUT2D eigenvalue weighted by Gasteiger charge is 2.22. The van der Waals surface area contributed by atoms with E-state index in [1.165, 1.54) is 38.8 Å². The first-order chi connectivity index (χ1) is 7.40. The zero-order valence-corrected chi connectivity index (χ0v) is 9.87. The van der Waals surface area contributed by atoms with E-state index in [9.17, 15) is 0 Å². The molecule has 0 aliphatic carbocycles. The van der Waals surface area contributed by atoms with Gasteiger partial charge in [-0.2, -0.15) is 0 Å². The van der Waals surface area contributed by atoms with E-state index in [1.54, 1.807) is 0 Å². The Bertz CT molecular complexity index is 180. The van der Waals surface area contributed by atoms with Crippen LogP contribution in [0.2, 0.25) is 0 Å². The Balaban J connectivity index is 1.71. The normalized spacial score (nSPS) is 33.4. The van der Waals surface area contributed by atoms with Crippen LogP contribution in [0, 0.1) is 0 Å². The van der Waals surface area contributed by atoms with Crippen LogP contribution in [0.5, 0.6) is 0 Å². The lowest BCUT2D eigenvalue weighted by atomic mass is 10.1. The molecule has 0 bridgehead atoms. The lowest BCUT2D eigenvalue weighted by Gasteiger charge is -2.35.